The van der Waals surface area contributed by atoms with Crippen LogP contribution in [0.5, 0.6) is 0 Å². The number of ether oxygens (including phenoxy) is 1. The van der Waals surface area contributed by atoms with Crippen LogP contribution in [-0.4, -0.2) is 30.8 Å². The van der Waals surface area contributed by atoms with E-state index >= 15 is 0 Å². The first-order valence-corrected chi connectivity index (χ1v) is 4.69. The lowest BCUT2D eigenvalue weighted by molar-refractivity contribution is -0.131. The van der Waals surface area contributed by atoms with Crippen LogP contribution < -0.4 is 0 Å². The van der Waals surface area contributed by atoms with Gasteiger partial charge in [0.2, 0.25) is 0 Å². The Balaban J connectivity index is 2.07. The molecule has 2 aliphatic heterocycles. The Hall–Kier alpha value is -0.0800. The number of hydrogen-bond acceptors (Lipinski definition) is 2. The van der Waals surface area contributed by atoms with Crippen molar-refractivity contribution in [3.63, 3.8) is 0 Å². The molecule has 0 aromatic heterocycles. The summed E-state index contributed by atoms with van der Waals surface area (Å²) in [5.74, 6) is 0. The Morgan fingerprint density at radius 2 is 2.00 bits per heavy atom. The summed E-state index contributed by atoms with van der Waals surface area (Å²) in [7, 11) is 2.20. The molecule has 0 bridgehead atoms. The highest BCUT2D eigenvalue weighted by Gasteiger charge is 2.40. The maximum Gasteiger partial charge on any atom is 0.121 e. The van der Waals surface area contributed by atoms with Crippen molar-refractivity contribution in [2.75, 3.05) is 20.2 Å². The van der Waals surface area contributed by atoms with Crippen LogP contribution in [0.4, 0.5) is 0 Å². The molecular formula is C9H17NO. The molecule has 2 saturated heterocycles. The minimum absolute atomic E-state index is 0.165. The van der Waals surface area contributed by atoms with Crippen LogP contribution >= 0.6 is 0 Å². The highest BCUT2D eigenvalue weighted by Crippen LogP contribution is 2.36. The quantitative estimate of drug-likeness (QED) is 0.527. The first-order chi connectivity index (χ1) is 5.33. The molecule has 11 heavy (non-hydrogen) atoms. The van der Waals surface area contributed by atoms with Crippen LogP contribution in [0.25, 0.3) is 0 Å². The zero-order chi connectivity index (χ0) is 7.73. The fourth-order valence-electron chi connectivity index (χ4n) is 2.33. The standard InChI is InChI=1S/C9H17NO/c1-10-7-3-2-5-9(10)6-4-8-11-9/h2-8H2,1H3. The molecule has 0 saturated carbocycles. The molecule has 2 fully saturated rings. The van der Waals surface area contributed by atoms with Crippen molar-refractivity contribution in [2.45, 2.75) is 37.8 Å². The summed E-state index contributed by atoms with van der Waals surface area (Å²) in [4.78, 5) is 2.41. The maximum absolute atomic E-state index is 5.82. The second kappa shape index (κ2) is 2.76. The number of nitrogens with zero attached hydrogens (tertiary/aromatic N) is 1. The lowest BCUT2D eigenvalue weighted by atomic mass is 9.96. The van der Waals surface area contributed by atoms with E-state index in [0.717, 1.165) is 6.61 Å². The van der Waals surface area contributed by atoms with Crippen molar-refractivity contribution in [1.82, 2.24) is 4.90 Å². The molecule has 64 valence electrons. The molecule has 0 N–H and O–H groups in total. The SMILES string of the molecule is CN1CCCCC12CCCO2. The average Bonchev–Trinajstić information content (AvgIpc) is 2.46. The predicted octanol–water partition coefficient (Wildman–Crippen LogP) is 1.61. The minimum atomic E-state index is 0.165. The van der Waals surface area contributed by atoms with E-state index in [1.165, 1.54) is 38.6 Å². The Morgan fingerprint density at radius 1 is 1.18 bits per heavy atom. The van der Waals surface area contributed by atoms with Gasteiger partial charge in [-0.2, -0.15) is 0 Å². The van der Waals surface area contributed by atoms with Gasteiger partial charge < -0.3 is 4.74 Å². The Bertz CT molecular complexity index is 140. The molecule has 0 aromatic rings. The van der Waals surface area contributed by atoms with Crippen molar-refractivity contribution in [3.8, 4) is 0 Å². The molecule has 0 amide bonds. The Labute approximate surface area is 68.5 Å². The van der Waals surface area contributed by atoms with Crippen molar-refractivity contribution < 1.29 is 4.74 Å². The molecular weight excluding hydrogens is 138 g/mol. The number of hydrogen-bond donors (Lipinski definition) is 0. The molecule has 0 aromatic carbocycles. The zero-order valence-electron chi connectivity index (χ0n) is 7.31. The van der Waals surface area contributed by atoms with Crippen molar-refractivity contribution in [2.24, 2.45) is 0 Å². The lowest BCUT2D eigenvalue weighted by Gasteiger charge is -2.41. The lowest BCUT2D eigenvalue weighted by Crippen LogP contribution is -2.48. The van der Waals surface area contributed by atoms with Gasteiger partial charge in [0, 0.05) is 13.2 Å². The van der Waals surface area contributed by atoms with Gasteiger partial charge in [-0.15, -0.1) is 0 Å². The maximum atomic E-state index is 5.82. The van der Waals surface area contributed by atoms with Crippen LogP contribution in [0.2, 0.25) is 0 Å². The van der Waals surface area contributed by atoms with E-state index in [-0.39, 0.29) is 5.72 Å². The Morgan fingerprint density at radius 3 is 2.64 bits per heavy atom. The third-order valence-electron chi connectivity index (χ3n) is 3.09. The highest BCUT2D eigenvalue weighted by atomic mass is 16.5. The first-order valence-electron chi connectivity index (χ1n) is 4.69. The van der Waals surface area contributed by atoms with E-state index in [4.69, 9.17) is 4.74 Å². The van der Waals surface area contributed by atoms with E-state index in [2.05, 4.69) is 11.9 Å². The molecule has 1 spiro atoms. The molecule has 2 nitrogen and oxygen atoms in total. The van der Waals surface area contributed by atoms with Gasteiger partial charge >= 0.3 is 0 Å². The fraction of sp³-hybridized carbons (Fsp3) is 1.00. The summed E-state index contributed by atoms with van der Waals surface area (Å²) in [5.41, 5.74) is 0.165. The summed E-state index contributed by atoms with van der Waals surface area (Å²) >= 11 is 0. The van der Waals surface area contributed by atoms with Crippen molar-refractivity contribution in [3.05, 3.63) is 0 Å². The van der Waals surface area contributed by atoms with Gasteiger partial charge in [0.1, 0.15) is 5.72 Å². The smallest absolute Gasteiger partial charge is 0.121 e. The summed E-state index contributed by atoms with van der Waals surface area (Å²) in [5, 5.41) is 0. The van der Waals surface area contributed by atoms with Gasteiger partial charge in [-0.05, 0) is 39.2 Å². The molecule has 2 rings (SSSR count). The van der Waals surface area contributed by atoms with Crippen molar-refractivity contribution in [1.29, 1.82) is 0 Å². The minimum Gasteiger partial charge on any atom is -0.360 e. The number of likely N-dealkylation sites (tertiary alicyclic amines) is 1. The normalized spacial score (nSPS) is 40.1. The molecule has 0 aliphatic carbocycles. The second-order valence-electron chi connectivity index (χ2n) is 3.78. The summed E-state index contributed by atoms with van der Waals surface area (Å²) in [6.45, 7) is 2.20. The summed E-state index contributed by atoms with van der Waals surface area (Å²) in [6, 6.07) is 0. The van der Waals surface area contributed by atoms with E-state index in [1.807, 2.05) is 0 Å². The molecule has 0 radical (unpaired) electrons. The largest absolute Gasteiger partial charge is 0.360 e. The molecule has 2 heteroatoms. The molecule has 1 unspecified atom stereocenters. The van der Waals surface area contributed by atoms with Crippen LogP contribution in [-0.2, 0) is 4.74 Å². The van der Waals surface area contributed by atoms with Gasteiger partial charge in [-0.25, -0.2) is 0 Å². The topological polar surface area (TPSA) is 12.5 Å². The third kappa shape index (κ3) is 1.18. The van der Waals surface area contributed by atoms with Crippen molar-refractivity contribution >= 4 is 0 Å². The van der Waals surface area contributed by atoms with Gasteiger partial charge in [0.05, 0.1) is 0 Å². The molecule has 2 aliphatic rings. The van der Waals surface area contributed by atoms with E-state index in [0.29, 0.717) is 0 Å². The van der Waals surface area contributed by atoms with Crippen LogP contribution in [0.15, 0.2) is 0 Å². The van der Waals surface area contributed by atoms with Gasteiger partial charge in [-0.1, -0.05) is 0 Å². The van der Waals surface area contributed by atoms with E-state index in [1.54, 1.807) is 0 Å². The second-order valence-corrected chi connectivity index (χ2v) is 3.78. The molecule has 1 atom stereocenters. The molecule has 2 heterocycles. The summed E-state index contributed by atoms with van der Waals surface area (Å²) < 4.78 is 5.82. The zero-order valence-corrected chi connectivity index (χ0v) is 7.31. The van der Waals surface area contributed by atoms with E-state index < -0.39 is 0 Å². The average molecular weight is 155 g/mol. The Kier molecular flexibility index (Phi) is 1.90. The van der Waals surface area contributed by atoms with Crippen LogP contribution in [0, 0.1) is 0 Å². The van der Waals surface area contributed by atoms with Gasteiger partial charge in [-0.3, -0.25) is 4.90 Å². The van der Waals surface area contributed by atoms with Crippen LogP contribution in [0.3, 0.4) is 0 Å². The fourth-order valence-corrected chi connectivity index (χ4v) is 2.33. The van der Waals surface area contributed by atoms with E-state index in [9.17, 15) is 0 Å². The highest BCUT2D eigenvalue weighted by molar-refractivity contribution is 4.86. The number of piperidine rings is 1. The third-order valence-corrected chi connectivity index (χ3v) is 3.09. The monoisotopic (exact) mass is 155 g/mol. The first kappa shape index (κ1) is 7.56. The predicted molar refractivity (Wildman–Crippen MR) is 44.4 cm³/mol. The van der Waals surface area contributed by atoms with Gasteiger partial charge in [0.15, 0.2) is 0 Å². The number of rotatable bonds is 0. The van der Waals surface area contributed by atoms with Gasteiger partial charge in [0.25, 0.3) is 0 Å². The van der Waals surface area contributed by atoms with Crippen LogP contribution in [0.1, 0.15) is 32.1 Å². The summed E-state index contributed by atoms with van der Waals surface area (Å²) in [6.07, 6.45) is 6.46.